The normalized spacial score (nSPS) is 17.5. The minimum absolute atomic E-state index is 0.129. The number of aryl methyl sites for hydroxylation is 2. The van der Waals surface area contributed by atoms with E-state index in [2.05, 4.69) is 51.2 Å². The molecule has 0 saturated heterocycles. The predicted molar refractivity (Wildman–Crippen MR) is 89.5 cm³/mol. The van der Waals surface area contributed by atoms with E-state index < -0.39 is 0 Å². The fourth-order valence-corrected chi connectivity index (χ4v) is 3.32. The highest BCUT2D eigenvalue weighted by atomic mass is 16.1. The lowest BCUT2D eigenvalue weighted by Crippen LogP contribution is -2.37. The largest absolute Gasteiger partial charge is 0.361 e. The van der Waals surface area contributed by atoms with Crippen molar-refractivity contribution in [1.29, 1.82) is 0 Å². The Kier molecular flexibility index (Phi) is 3.18. The zero-order valence-corrected chi connectivity index (χ0v) is 13.3. The molecule has 1 aliphatic rings. The molecule has 0 spiro atoms. The second-order valence-corrected chi connectivity index (χ2v) is 6.16. The van der Waals surface area contributed by atoms with Crippen molar-refractivity contribution in [3.63, 3.8) is 0 Å². The molecule has 3 aromatic rings. The summed E-state index contributed by atoms with van der Waals surface area (Å²) in [7, 11) is 1.80. The predicted octanol–water partition coefficient (Wildman–Crippen LogP) is 2.00. The van der Waals surface area contributed by atoms with Crippen molar-refractivity contribution < 1.29 is 0 Å². The van der Waals surface area contributed by atoms with Crippen LogP contribution < -0.4 is 10.5 Å². The molecule has 4 rings (SSSR count). The molecule has 0 amide bonds. The molecule has 1 unspecified atom stereocenters. The number of rotatable bonds is 2. The first-order valence-electron chi connectivity index (χ1n) is 7.89. The van der Waals surface area contributed by atoms with E-state index >= 15 is 0 Å². The van der Waals surface area contributed by atoms with Gasteiger partial charge in [-0.25, -0.2) is 4.98 Å². The second kappa shape index (κ2) is 5.22. The smallest absolute Gasteiger partial charge is 0.262 e. The number of H-pyrrole nitrogens is 1. The Labute approximate surface area is 133 Å². The summed E-state index contributed by atoms with van der Waals surface area (Å²) in [5, 5.41) is 4.65. The molecular weight excluding hydrogens is 290 g/mol. The number of aromatic amines is 1. The zero-order chi connectivity index (χ0) is 16.0. The van der Waals surface area contributed by atoms with Gasteiger partial charge < -0.3 is 9.88 Å². The van der Waals surface area contributed by atoms with Gasteiger partial charge in [-0.2, -0.15) is 5.10 Å². The number of fused-ring (bicyclic) bond motifs is 2. The summed E-state index contributed by atoms with van der Waals surface area (Å²) in [5.74, 6) is 0.676. The molecule has 6 nitrogen and oxygen atoms in total. The molecule has 0 saturated carbocycles. The van der Waals surface area contributed by atoms with Gasteiger partial charge in [0.25, 0.3) is 5.56 Å². The molecule has 1 atom stereocenters. The highest BCUT2D eigenvalue weighted by Gasteiger charge is 2.23. The minimum atomic E-state index is -0.129. The van der Waals surface area contributed by atoms with Crippen LogP contribution in [0.1, 0.15) is 24.7 Å². The highest BCUT2D eigenvalue weighted by molar-refractivity contribution is 5.73. The summed E-state index contributed by atoms with van der Waals surface area (Å²) in [5.41, 5.74) is 3.09. The maximum atomic E-state index is 12.2. The average molecular weight is 309 g/mol. The monoisotopic (exact) mass is 309 g/mol. The van der Waals surface area contributed by atoms with E-state index in [1.807, 2.05) is 0 Å². The SMILES string of the molecule is CC1CCc2ccccc2N1Cc1nc2c(cnn2C)c(=O)[nH]1. The van der Waals surface area contributed by atoms with Crippen LogP contribution in [0.25, 0.3) is 11.0 Å². The summed E-state index contributed by atoms with van der Waals surface area (Å²) in [6.07, 6.45) is 3.76. The van der Waals surface area contributed by atoms with Crippen LogP contribution in [0.3, 0.4) is 0 Å². The quantitative estimate of drug-likeness (QED) is 0.786. The third-order valence-electron chi connectivity index (χ3n) is 4.64. The molecule has 0 fully saturated rings. The number of aromatic nitrogens is 4. The van der Waals surface area contributed by atoms with Crippen molar-refractivity contribution in [2.24, 2.45) is 7.05 Å². The van der Waals surface area contributed by atoms with Gasteiger partial charge >= 0.3 is 0 Å². The number of nitrogens with one attached hydrogen (secondary N) is 1. The Morgan fingerprint density at radius 3 is 3.04 bits per heavy atom. The third-order valence-corrected chi connectivity index (χ3v) is 4.64. The van der Waals surface area contributed by atoms with Crippen LogP contribution in [0.2, 0.25) is 0 Å². The van der Waals surface area contributed by atoms with Gasteiger partial charge in [-0.1, -0.05) is 18.2 Å². The Morgan fingerprint density at radius 2 is 2.17 bits per heavy atom. The van der Waals surface area contributed by atoms with Gasteiger partial charge in [-0.05, 0) is 31.4 Å². The van der Waals surface area contributed by atoms with Gasteiger partial charge in [0.1, 0.15) is 11.2 Å². The molecule has 1 aliphatic heterocycles. The molecule has 1 aromatic carbocycles. The van der Waals surface area contributed by atoms with E-state index in [4.69, 9.17) is 0 Å². The van der Waals surface area contributed by atoms with Crippen LogP contribution in [0.5, 0.6) is 0 Å². The zero-order valence-electron chi connectivity index (χ0n) is 13.3. The first-order chi connectivity index (χ1) is 11.1. The van der Waals surface area contributed by atoms with Crippen LogP contribution in [-0.2, 0) is 20.0 Å². The fraction of sp³-hybridized carbons (Fsp3) is 0.353. The molecular formula is C17H19N5O. The van der Waals surface area contributed by atoms with E-state index in [1.54, 1.807) is 17.9 Å². The number of nitrogens with zero attached hydrogens (tertiary/aromatic N) is 4. The number of hydrogen-bond acceptors (Lipinski definition) is 4. The van der Waals surface area contributed by atoms with Gasteiger partial charge in [-0.15, -0.1) is 0 Å². The number of anilines is 1. The van der Waals surface area contributed by atoms with Gasteiger partial charge in [0.15, 0.2) is 5.65 Å². The Morgan fingerprint density at radius 1 is 1.35 bits per heavy atom. The molecule has 1 N–H and O–H groups in total. The van der Waals surface area contributed by atoms with Gasteiger partial charge in [0.05, 0.1) is 12.7 Å². The lowest BCUT2D eigenvalue weighted by Gasteiger charge is -2.36. The Balaban J connectivity index is 1.76. The highest BCUT2D eigenvalue weighted by Crippen LogP contribution is 2.31. The van der Waals surface area contributed by atoms with Crippen molar-refractivity contribution in [1.82, 2.24) is 19.7 Å². The Hall–Kier alpha value is -2.63. The minimum Gasteiger partial charge on any atom is -0.361 e. The van der Waals surface area contributed by atoms with Gasteiger partial charge in [-0.3, -0.25) is 9.48 Å². The summed E-state index contributed by atoms with van der Waals surface area (Å²) >= 11 is 0. The first-order valence-corrected chi connectivity index (χ1v) is 7.89. The van der Waals surface area contributed by atoms with Crippen LogP contribution in [-0.4, -0.2) is 25.8 Å². The topological polar surface area (TPSA) is 66.8 Å². The van der Waals surface area contributed by atoms with Crippen LogP contribution in [0.15, 0.2) is 35.3 Å². The van der Waals surface area contributed by atoms with Crippen LogP contribution in [0, 0.1) is 0 Å². The lowest BCUT2D eigenvalue weighted by atomic mass is 9.96. The molecule has 6 heteroatoms. The standard InChI is InChI=1S/C17H19N5O/c1-11-7-8-12-5-3-4-6-14(12)22(11)10-15-19-16-13(17(23)20-15)9-18-21(16)2/h3-6,9,11H,7-8,10H2,1-2H3,(H,19,20,23). The van der Waals surface area contributed by atoms with Crippen molar-refractivity contribution in [2.45, 2.75) is 32.4 Å². The van der Waals surface area contributed by atoms with Crippen LogP contribution >= 0.6 is 0 Å². The van der Waals surface area contributed by atoms with Crippen molar-refractivity contribution in [3.05, 3.63) is 52.2 Å². The third kappa shape index (κ3) is 2.30. The summed E-state index contributed by atoms with van der Waals surface area (Å²) in [4.78, 5) is 22.0. The van der Waals surface area contributed by atoms with E-state index in [-0.39, 0.29) is 5.56 Å². The number of para-hydroxylation sites is 1. The maximum absolute atomic E-state index is 12.2. The van der Waals surface area contributed by atoms with Gasteiger partial charge in [0, 0.05) is 18.8 Å². The van der Waals surface area contributed by atoms with E-state index in [0.29, 0.717) is 29.4 Å². The maximum Gasteiger partial charge on any atom is 0.262 e. The lowest BCUT2D eigenvalue weighted by molar-refractivity contribution is 0.551. The van der Waals surface area contributed by atoms with Crippen molar-refractivity contribution >= 4 is 16.7 Å². The molecule has 2 aromatic heterocycles. The molecule has 3 heterocycles. The van der Waals surface area contributed by atoms with E-state index in [9.17, 15) is 4.79 Å². The van der Waals surface area contributed by atoms with Gasteiger partial charge in [0.2, 0.25) is 0 Å². The van der Waals surface area contributed by atoms with Crippen molar-refractivity contribution in [3.8, 4) is 0 Å². The molecule has 23 heavy (non-hydrogen) atoms. The fourth-order valence-electron chi connectivity index (χ4n) is 3.32. The molecule has 118 valence electrons. The average Bonchev–Trinajstić information content (AvgIpc) is 2.92. The first kappa shape index (κ1) is 14.0. The van der Waals surface area contributed by atoms with E-state index in [0.717, 1.165) is 12.8 Å². The second-order valence-electron chi connectivity index (χ2n) is 6.16. The summed E-state index contributed by atoms with van der Waals surface area (Å²) < 4.78 is 1.64. The summed E-state index contributed by atoms with van der Waals surface area (Å²) in [6.45, 7) is 2.81. The van der Waals surface area contributed by atoms with Crippen molar-refractivity contribution in [2.75, 3.05) is 4.90 Å². The Bertz CT molecular complexity index is 926. The molecule has 0 radical (unpaired) electrons. The molecule has 0 bridgehead atoms. The van der Waals surface area contributed by atoms with Crippen LogP contribution in [0.4, 0.5) is 5.69 Å². The number of hydrogen-bond donors (Lipinski definition) is 1. The summed E-state index contributed by atoms with van der Waals surface area (Å²) in [6, 6.07) is 8.87. The van der Waals surface area contributed by atoms with E-state index in [1.165, 1.54) is 11.3 Å². The number of benzene rings is 1. The molecule has 0 aliphatic carbocycles.